The lowest BCUT2D eigenvalue weighted by molar-refractivity contribution is 0.443. The molecular weight excluding hydrogens is 237 g/mol. The Morgan fingerprint density at radius 1 is 1.00 bits per heavy atom. The summed E-state index contributed by atoms with van der Waals surface area (Å²) in [5.41, 5.74) is 2.15. The molecule has 0 fully saturated rings. The molecule has 0 aliphatic heterocycles. The van der Waals surface area contributed by atoms with Crippen LogP contribution in [0.5, 0.6) is 5.88 Å². The molecule has 1 heterocycles. The van der Waals surface area contributed by atoms with Gasteiger partial charge in [-0.3, -0.25) is 0 Å². The molecule has 92 valence electrons. The van der Waals surface area contributed by atoms with E-state index in [-0.39, 0.29) is 7.69 Å². The van der Waals surface area contributed by atoms with Gasteiger partial charge in [-0.15, -0.1) is 0 Å². The Morgan fingerprint density at radius 2 is 1.84 bits per heavy atom. The second-order valence-corrected chi connectivity index (χ2v) is 4.18. The molecule has 3 nitrogen and oxygen atoms in total. The third-order valence-corrected chi connectivity index (χ3v) is 3.05. The van der Waals surface area contributed by atoms with E-state index in [1.807, 2.05) is 30.3 Å². The highest BCUT2D eigenvalue weighted by atomic mass is 16.5. The molecule has 1 aromatic heterocycles. The van der Waals surface area contributed by atoms with Crippen molar-refractivity contribution in [2.75, 3.05) is 0 Å². The van der Waals surface area contributed by atoms with Crippen molar-refractivity contribution in [1.29, 1.82) is 0 Å². The number of aromatic nitrogens is 1. The van der Waals surface area contributed by atoms with Crippen molar-refractivity contribution < 1.29 is 9.68 Å². The van der Waals surface area contributed by atoms with Crippen LogP contribution in [0.4, 0.5) is 0 Å². The van der Waals surface area contributed by atoms with Gasteiger partial charge < -0.3 is 9.68 Å². The molecule has 3 aromatic rings. The highest BCUT2D eigenvalue weighted by Gasteiger charge is 2.05. The van der Waals surface area contributed by atoms with Crippen LogP contribution >= 0.6 is 0 Å². The van der Waals surface area contributed by atoms with Crippen LogP contribution in [0.15, 0.2) is 60.8 Å². The van der Waals surface area contributed by atoms with Crippen LogP contribution in [0.1, 0.15) is 0 Å². The molecule has 0 aliphatic rings. The van der Waals surface area contributed by atoms with Crippen LogP contribution in [0, 0.1) is 0 Å². The minimum Gasteiger partial charge on any atom is -0.525 e. The number of fused-ring (bicyclic) bond motifs is 1. The van der Waals surface area contributed by atoms with E-state index >= 15 is 0 Å². The molecule has 1 N–H and O–H groups in total. The maximum atomic E-state index is 8.79. The van der Waals surface area contributed by atoms with Gasteiger partial charge in [0.2, 0.25) is 0 Å². The fourth-order valence-electron chi connectivity index (χ4n) is 2.20. The van der Waals surface area contributed by atoms with E-state index in [4.69, 9.17) is 9.68 Å². The Labute approximate surface area is 111 Å². The smallest absolute Gasteiger partial charge is 0.505 e. The van der Waals surface area contributed by atoms with Crippen molar-refractivity contribution in [3.63, 3.8) is 0 Å². The zero-order valence-electron chi connectivity index (χ0n) is 10.3. The molecule has 0 bridgehead atoms. The fourth-order valence-corrected chi connectivity index (χ4v) is 2.20. The van der Waals surface area contributed by atoms with Crippen molar-refractivity contribution in [3.8, 4) is 17.0 Å². The SMILES string of the molecule is OBOc1cc(-c2cccc3ccccc23)ccn1. The topological polar surface area (TPSA) is 42.4 Å². The highest BCUT2D eigenvalue weighted by molar-refractivity contribution is 6.17. The van der Waals surface area contributed by atoms with Crippen LogP contribution < -0.4 is 4.65 Å². The largest absolute Gasteiger partial charge is 0.525 e. The molecule has 2 aromatic carbocycles. The van der Waals surface area contributed by atoms with Gasteiger partial charge in [0.05, 0.1) is 0 Å². The fraction of sp³-hybridized carbons (Fsp3) is 0. The van der Waals surface area contributed by atoms with Crippen molar-refractivity contribution in [1.82, 2.24) is 4.98 Å². The molecule has 0 amide bonds. The number of rotatable bonds is 3. The van der Waals surface area contributed by atoms with Crippen LogP contribution in [-0.4, -0.2) is 17.7 Å². The average molecular weight is 249 g/mol. The van der Waals surface area contributed by atoms with Crippen LogP contribution in [0.3, 0.4) is 0 Å². The lowest BCUT2D eigenvalue weighted by Crippen LogP contribution is -2.01. The van der Waals surface area contributed by atoms with Crippen LogP contribution in [0.2, 0.25) is 0 Å². The zero-order chi connectivity index (χ0) is 13.1. The van der Waals surface area contributed by atoms with Crippen LogP contribution in [-0.2, 0) is 0 Å². The van der Waals surface area contributed by atoms with Crippen molar-refractivity contribution in [2.24, 2.45) is 0 Å². The number of pyridine rings is 1. The van der Waals surface area contributed by atoms with Crippen molar-refractivity contribution in [3.05, 3.63) is 60.8 Å². The van der Waals surface area contributed by atoms with E-state index in [9.17, 15) is 0 Å². The first-order valence-electron chi connectivity index (χ1n) is 6.06. The molecule has 0 atom stereocenters. The Hall–Kier alpha value is -2.33. The summed E-state index contributed by atoms with van der Waals surface area (Å²) in [4.78, 5) is 4.05. The summed E-state index contributed by atoms with van der Waals surface area (Å²) in [6.45, 7) is 0. The Morgan fingerprint density at radius 3 is 2.74 bits per heavy atom. The van der Waals surface area contributed by atoms with E-state index in [2.05, 4.69) is 29.2 Å². The summed E-state index contributed by atoms with van der Waals surface area (Å²) in [5, 5.41) is 11.2. The molecule has 3 rings (SSSR count). The first-order chi connectivity index (χ1) is 9.38. The molecule has 0 saturated carbocycles. The summed E-state index contributed by atoms with van der Waals surface area (Å²) in [7, 11) is -0.369. The molecule has 0 aliphatic carbocycles. The average Bonchev–Trinajstić information content (AvgIpc) is 2.47. The summed E-state index contributed by atoms with van der Waals surface area (Å²) in [6, 6.07) is 18.2. The lowest BCUT2D eigenvalue weighted by Gasteiger charge is -2.08. The van der Waals surface area contributed by atoms with Gasteiger partial charge in [-0.2, -0.15) is 0 Å². The van der Waals surface area contributed by atoms with Gasteiger partial charge >= 0.3 is 7.69 Å². The maximum Gasteiger partial charge on any atom is 0.505 e. The maximum absolute atomic E-state index is 8.79. The van der Waals surface area contributed by atoms with E-state index in [0.29, 0.717) is 5.88 Å². The molecule has 0 radical (unpaired) electrons. The quantitative estimate of drug-likeness (QED) is 0.725. The predicted molar refractivity (Wildman–Crippen MR) is 77.2 cm³/mol. The molecular formula is C15H12BNO2. The predicted octanol–water partition coefficient (Wildman–Crippen LogP) is 2.54. The van der Waals surface area contributed by atoms with Crippen molar-refractivity contribution in [2.45, 2.75) is 0 Å². The van der Waals surface area contributed by atoms with Gasteiger partial charge in [0.15, 0.2) is 5.88 Å². The number of nitrogens with zero attached hydrogens (tertiary/aromatic N) is 1. The number of hydrogen-bond donors (Lipinski definition) is 1. The van der Waals surface area contributed by atoms with Gasteiger partial charge in [-0.1, -0.05) is 42.5 Å². The normalized spacial score (nSPS) is 10.4. The van der Waals surface area contributed by atoms with Gasteiger partial charge in [0, 0.05) is 12.3 Å². The van der Waals surface area contributed by atoms with Gasteiger partial charge in [0.25, 0.3) is 0 Å². The molecule has 19 heavy (non-hydrogen) atoms. The second-order valence-electron chi connectivity index (χ2n) is 4.18. The zero-order valence-corrected chi connectivity index (χ0v) is 10.3. The standard InChI is InChI=1S/C15H12BNO2/c18-16-19-15-10-12(8-9-17-15)14-7-3-5-11-4-1-2-6-13(11)14/h1-10,16,18H. The monoisotopic (exact) mass is 249 g/mol. The first-order valence-corrected chi connectivity index (χ1v) is 6.06. The Kier molecular flexibility index (Phi) is 3.17. The second kappa shape index (κ2) is 5.12. The Bertz CT molecular complexity index is 710. The number of benzene rings is 2. The van der Waals surface area contributed by atoms with Gasteiger partial charge in [0.1, 0.15) is 0 Å². The summed E-state index contributed by atoms with van der Waals surface area (Å²) < 4.78 is 5.02. The third kappa shape index (κ3) is 2.30. The van der Waals surface area contributed by atoms with E-state index in [1.165, 1.54) is 10.8 Å². The van der Waals surface area contributed by atoms with Gasteiger partial charge in [-0.25, -0.2) is 4.98 Å². The Balaban J connectivity index is 2.16. The summed E-state index contributed by atoms with van der Waals surface area (Å²) in [5.74, 6) is 0.424. The van der Waals surface area contributed by atoms with E-state index < -0.39 is 0 Å². The lowest BCUT2D eigenvalue weighted by atomic mass is 9.99. The first kappa shape index (κ1) is 11.7. The number of hydrogen-bond acceptors (Lipinski definition) is 3. The summed E-state index contributed by atoms with van der Waals surface area (Å²) >= 11 is 0. The minimum atomic E-state index is -0.369. The molecule has 0 unspecified atom stereocenters. The van der Waals surface area contributed by atoms with Gasteiger partial charge in [-0.05, 0) is 28.0 Å². The molecule has 0 spiro atoms. The van der Waals surface area contributed by atoms with Crippen molar-refractivity contribution >= 4 is 18.5 Å². The third-order valence-electron chi connectivity index (χ3n) is 3.05. The molecule has 0 saturated heterocycles. The summed E-state index contributed by atoms with van der Waals surface area (Å²) in [6.07, 6.45) is 1.68. The minimum absolute atomic E-state index is 0.369. The van der Waals surface area contributed by atoms with Crippen LogP contribution in [0.25, 0.3) is 21.9 Å². The highest BCUT2D eigenvalue weighted by Crippen LogP contribution is 2.29. The van der Waals surface area contributed by atoms with E-state index in [1.54, 1.807) is 6.20 Å². The van der Waals surface area contributed by atoms with E-state index in [0.717, 1.165) is 11.1 Å². The molecule has 4 heteroatoms.